The highest BCUT2D eigenvalue weighted by Gasteiger charge is 2.06. The van der Waals surface area contributed by atoms with Crippen LogP contribution in [0.4, 0.5) is 0 Å². The summed E-state index contributed by atoms with van der Waals surface area (Å²) in [6, 6.07) is 5.68. The summed E-state index contributed by atoms with van der Waals surface area (Å²) in [7, 11) is 3.26. The van der Waals surface area contributed by atoms with E-state index in [1.165, 1.54) is 0 Å². The number of aliphatic hydroxyl groups excluding tert-OH is 1. The van der Waals surface area contributed by atoms with Crippen LogP contribution in [0.3, 0.4) is 0 Å². The highest BCUT2D eigenvalue weighted by molar-refractivity contribution is 14.0. The quantitative estimate of drug-likeness (QED) is 0.330. The number of ether oxygens (including phenoxy) is 2. The molecule has 1 aromatic carbocycles. The first-order chi connectivity index (χ1) is 10.6. The number of hydrogen-bond acceptors (Lipinski definition) is 4. The first-order valence-electron chi connectivity index (χ1n) is 7.48. The largest absolute Gasteiger partial charge is 0.497 e. The van der Waals surface area contributed by atoms with Gasteiger partial charge in [-0.15, -0.1) is 24.0 Å². The molecular weight excluding hydrogens is 409 g/mol. The molecular formula is C16H28IN3O3. The minimum absolute atomic E-state index is 0. The summed E-state index contributed by atoms with van der Waals surface area (Å²) in [4.78, 5) is 4.55. The Morgan fingerprint density at radius 2 is 2.00 bits per heavy atom. The molecule has 7 heteroatoms. The zero-order chi connectivity index (χ0) is 16.4. The summed E-state index contributed by atoms with van der Waals surface area (Å²) in [6.07, 6.45) is 0. The second kappa shape index (κ2) is 12.2. The molecule has 0 aliphatic rings. The number of aliphatic imine (C=N–C) groups is 1. The smallest absolute Gasteiger partial charge is 0.191 e. The third-order valence-corrected chi connectivity index (χ3v) is 3.18. The lowest BCUT2D eigenvalue weighted by Crippen LogP contribution is -2.39. The van der Waals surface area contributed by atoms with E-state index in [4.69, 9.17) is 14.6 Å². The Morgan fingerprint density at radius 3 is 2.57 bits per heavy atom. The van der Waals surface area contributed by atoms with Gasteiger partial charge in [-0.3, -0.25) is 0 Å². The molecule has 132 valence electrons. The van der Waals surface area contributed by atoms with Crippen LogP contribution >= 0.6 is 24.0 Å². The monoisotopic (exact) mass is 437 g/mol. The number of aliphatic hydroxyl groups is 1. The van der Waals surface area contributed by atoms with Gasteiger partial charge in [0.05, 0.1) is 20.8 Å². The molecule has 0 saturated carbocycles. The molecule has 0 fully saturated rings. The molecule has 1 atom stereocenters. The lowest BCUT2D eigenvalue weighted by Gasteiger charge is -2.14. The van der Waals surface area contributed by atoms with Gasteiger partial charge in [-0.05, 0) is 25.0 Å². The average Bonchev–Trinajstić information content (AvgIpc) is 2.56. The Labute approximate surface area is 155 Å². The van der Waals surface area contributed by atoms with E-state index < -0.39 is 0 Å². The molecule has 0 aromatic heterocycles. The van der Waals surface area contributed by atoms with Crippen LogP contribution in [0.2, 0.25) is 0 Å². The third kappa shape index (κ3) is 7.74. The third-order valence-electron chi connectivity index (χ3n) is 3.18. The van der Waals surface area contributed by atoms with Crippen molar-refractivity contribution in [2.75, 3.05) is 33.9 Å². The molecule has 1 rings (SSSR count). The summed E-state index contributed by atoms with van der Waals surface area (Å²) >= 11 is 0. The standard InChI is InChI=1S/C16H27N3O3.HI/c1-5-17-16(18-9-12(2)11-20)19-10-13-6-7-14(21-3)8-15(13)22-4;/h6-8,12,20H,5,9-11H2,1-4H3,(H2,17,18,19);1H. The Bertz CT molecular complexity index is 484. The number of hydrogen-bond donors (Lipinski definition) is 3. The molecule has 0 bridgehead atoms. The Hall–Kier alpha value is -1.22. The van der Waals surface area contributed by atoms with E-state index >= 15 is 0 Å². The second-order valence-corrected chi connectivity index (χ2v) is 5.04. The van der Waals surface area contributed by atoms with Gasteiger partial charge in [0, 0.05) is 31.3 Å². The van der Waals surface area contributed by atoms with E-state index in [-0.39, 0.29) is 36.5 Å². The van der Waals surface area contributed by atoms with Crippen LogP contribution in [0.25, 0.3) is 0 Å². The number of nitrogens with one attached hydrogen (secondary N) is 2. The van der Waals surface area contributed by atoms with Crippen molar-refractivity contribution in [1.29, 1.82) is 0 Å². The first kappa shape index (κ1) is 21.8. The number of methoxy groups -OCH3 is 2. The highest BCUT2D eigenvalue weighted by atomic mass is 127. The lowest BCUT2D eigenvalue weighted by atomic mass is 10.2. The van der Waals surface area contributed by atoms with Crippen molar-refractivity contribution in [2.45, 2.75) is 20.4 Å². The molecule has 3 N–H and O–H groups in total. The minimum atomic E-state index is 0. The van der Waals surface area contributed by atoms with E-state index in [0.717, 1.165) is 29.6 Å². The maximum absolute atomic E-state index is 9.07. The van der Waals surface area contributed by atoms with Crippen molar-refractivity contribution in [3.8, 4) is 11.5 Å². The van der Waals surface area contributed by atoms with Crippen LogP contribution < -0.4 is 20.1 Å². The molecule has 6 nitrogen and oxygen atoms in total. The fraction of sp³-hybridized carbons (Fsp3) is 0.562. The Morgan fingerprint density at radius 1 is 1.26 bits per heavy atom. The van der Waals surface area contributed by atoms with Gasteiger partial charge in [-0.1, -0.05) is 6.92 Å². The summed E-state index contributed by atoms with van der Waals surface area (Å²) in [5.74, 6) is 2.41. The molecule has 0 spiro atoms. The highest BCUT2D eigenvalue weighted by Crippen LogP contribution is 2.25. The number of benzene rings is 1. The number of rotatable bonds is 8. The number of nitrogens with zero attached hydrogens (tertiary/aromatic N) is 1. The van der Waals surface area contributed by atoms with E-state index in [1.807, 2.05) is 32.0 Å². The summed E-state index contributed by atoms with van der Waals surface area (Å²) < 4.78 is 10.6. The molecule has 1 unspecified atom stereocenters. The lowest BCUT2D eigenvalue weighted by molar-refractivity contribution is 0.238. The van der Waals surface area contributed by atoms with Crippen molar-refractivity contribution in [3.05, 3.63) is 23.8 Å². The zero-order valence-electron chi connectivity index (χ0n) is 14.3. The SMILES string of the molecule is CCNC(=NCc1ccc(OC)cc1OC)NCC(C)CO.I. The summed E-state index contributed by atoms with van der Waals surface area (Å²) in [6.45, 7) is 6.08. The van der Waals surface area contributed by atoms with Crippen LogP contribution in [0.15, 0.2) is 23.2 Å². The van der Waals surface area contributed by atoms with Crippen LogP contribution in [0.5, 0.6) is 11.5 Å². The van der Waals surface area contributed by atoms with E-state index in [2.05, 4.69) is 15.6 Å². The molecule has 0 heterocycles. The van der Waals surface area contributed by atoms with Gasteiger partial charge in [0.1, 0.15) is 11.5 Å². The summed E-state index contributed by atoms with van der Waals surface area (Å²) in [5.41, 5.74) is 0.982. The number of guanidine groups is 1. The van der Waals surface area contributed by atoms with E-state index in [0.29, 0.717) is 13.1 Å². The normalized spacial score (nSPS) is 12.1. The van der Waals surface area contributed by atoms with Crippen LogP contribution in [-0.4, -0.2) is 45.0 Å². The van der Waals surface area contributed by atoms with Gasteiger partial charge >= 0.3 is 0 Å². The fourth-order valence-electron chi connectivity index (χ4n) is 1.82. The van der Waals surface area contributed by atoms with Gasteiger partial charge in [0.2, 0.25) is 0 Å². The van der Waals surface area contributed by atoms with E-state index in [1.54, 1.807) is 14.2 Å². The van der Waals surface area contributed by atoms with Gasteiger partial charge in [0.25, 0.3) is 0 Å². The predicted octanol–water partition coefficient (Wildman–Crippen LogP) is 2.01. The molecule has 23 heavy (non-hydrogen) atoms. The topological polar surface area (TPSA) is 75.1 Å². The zero-order valence-corrected chi connectivity index (χ0v) is 16.6. The molecule has 0 saturated heterocycles. The molecule has 0 aliphatic carbocycles. The van der Waals surface area contributed by atoms with Gasteiger partial charge in [-0.2, -0.15) is 0 Å². The van der Waals surface area contributed by atoms with Crippen molar-refractivity contribution in [1.82, 2.24) is 10.6 Å². The molecule has 1 aromatic rings. The molecule has 0 aliphatic heterocycles. The second-order valence-electron chi connectivity index (χ2n) is 5.04. The van der Waals surface area contributed by atoms with Crippen molar-refractivity contribution in [3.63, 3.8) is 0 Å². The fourth-order valence-corrected chi connectivity index (χ4v) is 1.82. The van der Waals surface area contributed by atoms with Gasteiger partial charge in [-0.25, -0.2) is 4.99 Å². The van der Waals surface area contributed by atoms with Crippen LogP contribution in [0, 0.1) is 5.92 Å². The van der Waals surface area contributed by atoms with E-state index in [9.17, 15) is 0 Å². The molecule has 0 amide bonds. The van der Waals surface area contributed by atoms with Crippen LogP contribution in [-0.2, 0) is 6.54 Å². The van der Waals surface area contributed by atoms with Gasteiger partial charge < -0.3 is 25.2 Å². The maximum atomic E-state index is 9.07. The van der Waals surface area contributed by atoms with Crippen molar-refractivity contribution in [2.24, 2.45) is 10.9 Å². The minimum Gasteiger partial charge on any atom is -0.497 e. The van der Waals surface area contributed by atoms with Crippen molar-refractivity contribution >= 4 is 29.9 Å². The summed E-state index contributed by atoms with van der Waals surface area (Å²) in [5, 5.41) is 15.5. The predicted molar refractivity (Wildman–Crippen MR) is 104 cm³/mol. The average molecular weight is 437 g/mol. The van der Waals surface area contributed by atoms with Crippen molar-refractivity contribution < 1.29 is 14.6 Å². The van der Waals surface area contributed by atoms with Gasteiger partial charge in [0.15, 0.2) is 5.96 Å². The Balaban J connectivity index is 0.00000484. The maximum Gasteiger partial charge on any atom is 0.191 e. The molecule has 0 radical (unpaired) electrons. The van der Waals surface area contributed by atoms with Crippen LogP contribution in [0.1, 0.15) is 19.4 Å². The first-order valence-corrected chi connectivity index (χ1v) is 7.48. The number of halogens is 1. The Kier molecular flexibility index (Phi) is 11.6.